The zero-order valence-electron chi connectivity index (χ0n) is 15.2. The molecule has 27 heavy (non-hydrogen) atoms. The van der Waals surface area contributed by atoms with E-state index in [1.54, 1.807) is 26.4 Å². The molecular formula is C21H21N3O3. The van der Waals surface area contributed by atoms with Gasteiger partial charge < -0.3 is 14.8 Å². The number of anilines is 1. The molecule has 0 fully saturated rings. The molecule has 2 N–H and O–H groups in total. The maximum Gasteiger partial charge on any atom is 0.259 e. The van der Waals surface area contributed by atoms with E-state index in [1.807, 2.05) is 48.5 Å². The van der Waals surface area contributed by atoms with Gasteiger partial charge in [-0.25, -0.2) is 5.43 Å². The Balaban J connectivity index is 1.59. The van der Waals surface area contributed by atoms with Gasteiger partial charge in [0.15, 0.2) is 0 Å². The van der Waals surface area contributed by atoms with E-state index in [0.717, 1.165) is 22.0 Å². The minimum Gasteiger partial charge on any atom is -0.497 e. The molecule has 3 rings (SSSR count). The van der Waals surface area contributed by atoms with Crippen molar-refractivity contribution in [2.45, 2.75) is 0 Å². The van der Waals surface area contributed by atoms with Crippen LogP contribution in [-0.4, -0.2) is 32.9 Å². The third-order valence-electron chi connectivity index (χ3n) is 4.06. The largest absolute Gasteiger partial charge is 0.497 e. The van der Waals surface area contributed by atoms with Gasteiger partial charge in [0.25, 0.3) is 5.91 Å². The first-order chi connectivity index (χ1) is 13.2. The summed E-state index contributed by atoms with van der Waals surface area (Å²) in [5, 5.41) is 9.33. The zero-order chi connectivity index (χ0) is 19.1. The molecule has 0 heterocycles. The average molecular weight is 363 g/mol. The second kappa shape index (κ2) is 8.71. The van der Waals surface area contributed by atoms with E-state index >= 15 is 0 Å². The van der Waals surface area contributed by atoms with Crippen LogP contribution in [0.2, 0.25) is 0 Å². The summed E-state index contributed by atoms with van der Waals surface area (Å²) in [6.45, 7) is 0.116. The Bertz CT molecular complexity index is 965. The lowest BCUT2D eigenvalue weighted by Crippen LogP contribution is -2.25. The van der Waals surface area contributed by atoms with Crippen LogP contribution in [0.25, 0.3) is 10.8 Å². The highest BCUT2D eigenvalue weighted by molar-refractivity contribution is 5.95. The third-order valence-corrected chi connectivity index (χ3v) is 4.06. The van der Waals surface area contributed by atoms with Gasteiger partial charge in [0.1, 0.15) is 11.5 Å². The van der Waals surface area contributed by atoms with Gasteiger partial charge in [-0.3, -0.25) is 4.79 Å². The summed E-state index contributed by atoms with van der Waals surface area (Å²) in [6.07, 6.45) is 1.54. The van der Waals surface area contributed by atoms with E-state index in [9.17, 15) is 4.79 Å². The molecule has 6 heteroatoms. The van der Waals surface area contributed by atoms with Gasteiger partial charge in [0.05, 0.1) is 27.0 Å². The van der Waals surface area contributed by atoms with Gasteiger partial charge in [0, 0.05) is 22.7 Å². The predicted molar refractivity (Wildman–Crippen MR) is 108 cm³/mol. The summed E-state index contributed by atoms with van der Waals surface area (Å²) in [5.74, 6) is 1.06. The molecule has 0 aromatic heterocycles. The topological polar surface area (TPSA) is 72.0 Å². The van der Waals surface area contributed by atoms with Crippen LogP contribution in [0.1, 0.15) is 5.56 Å². The van der Waals surface area contributed by atoms with Crippen molar-refractivity contribution in [1.29, 1.82) is 0 Å². The molecule has 0 saturated heterocycles. The number of carbonyl (C=O) groups is 1. The van der Waals surface area contributed by atoms with Gasteiger partial charge in [-0.05, 0) is 23.6 Å². The highest BCUT2D eigenvalue weighted by Crippen LogP contribution is 2.23. The molecule has 3 aromatic carbocycles. The number of carbonyl (C=O) groups excluding carboxylic acids is 1. The van der Waals surface area contributed by atoms with Crippen LogP contribution in [0.15, 0.2) is 65.8 Å². The smallest absolute Gasteiger partial charge is 0.259 e. The number of rotatable bonds is 7. The number of nitrogens with zero attached hydrogens (tertiary/aromatic N) is 1. The molecular weight excluding hydrogens is 342 g/mol. The van der Waals surface area contributed by atoms with Crippen LogP contribution in [0.5, 0.6) is 11.5 Å². The molecule has 0 bridgehead atoms. The summed E-state index contributed by atoms with van der Waals surface area (Å²) < 4.78 is 10.5. The molecule has 0 aliphatic rings. The second-order valence-corrected chi connectivity index (χ2v) is 5.78. The number of fused-ring (bicyclic) bond motifs is 1. The number of ether oxygens (including phenoxy) is 2. The highest BCUT2D eigenvalue weighted by Gasteiger charge is 2.05. The minimum atomic E-state index is -0.244. The number of nitrogens with one attached hydrogen (secondary N) is 2. The molecule has 138 valence electrons. The lowest BCUT2D eigenvalue weighted by Gasteiger charge is -2.09. The SMILES string of the molecule is COc1ccc(/C=N/NC(=O)CNc2cccc3ccccc23)c(OC)c1. The van der Waals surface area contributed by atoms with Crippen LogP contribution >= 0.6 is 0 Å². The maximum absolute atomic E-state index is 12.1. The van der Waals surface area contributed by atoms with E-state index in [1.165, 1.54) is 6.21 Å². The number of hydrogen-bond donors (Lipinski definition) is 2. The van der Waals surface area contributed by atoms with Crippen molar-refractivity contribution in [2.75, 3.05) is 26.1 Å². The fourth-order valence-corrected chi connectivity index (χ4v) is 2.69. The first kappa shape index (κ1) is 18.3. The highest BCUT2D eigenvalue weighted by atomic mass is 16.5. The summed E-state index contributed by atoms with van der Waals surface area (Å²) in [5.41, 5.74) is 4.15. The monoisotopic (exact) mass is 363 g/mol. The van der Waals surface area contributed by atoms with Crippen molar-refractivity contribution in [2.24, 2.45) is 5.10 Å². The Morgan fingerprint density at radius 2 is 1.85 bits per heavy atom. The molecule has 3 aromatic rings. The predicted octanol–water partition coefficient (Wildman–Crippen LogP) is 3.42. The molecule has 0 aliphatic carbocycles. The standard InChI is InChI=1S/C21H21N3O3/c1-26-17-11-10-16(20(12-17)27-2)13-23-24-21(25)14-22-19-9-5-7-15-6-3-4-8-18(15)19/h3-13,22H,14H2,1-2H3,(H,24,25)/b23-13+. The normalized spacial score (nSPS) is 10.7. The van der Waals surface area contributed by atoms with Crippen molar-refractivity contribution >= 4 is 28.6 Å². The third kappa shape index (κ3) is 4.55. The Morgan fingerprint density at radius 3 is 2.67 bits per heavy atom. The van der Waals surface area contributed by atoms with E-state index < -0.39 is 0 Å². The first-order valence-corrected chi connectivity index (χ1v) is 8.47. The number of hydrogen-bond acceptors (Lipinski definition) is 5. The Labute approximate surface area is 157 Å². The van der Waals surface area contributed by atoms with E-state index in [0.29, 0.717) is 11.5 Å². The van der Waals surface area contributed by atoms with Gasteiger partial charge >= 0.3 is 0 Å². The number of methoxy groups -OCH3 is 2. The molecule has 0 saturated carbocycles. The van der Waals surface area contributed by atoms with Crippen LogP contribution in [0, 0.1) is 0 Å². The molecule has 0 spiro atoms. The van der Waals surface area contributed by atoms with E-state index in [-0.39, 0.29) is 12.5 Å². The van der Waals surface area contributed by atoms with Crippen LogP contribution < -0.4 is 20.2 Å². The molecule has 0 radical (unpaired) electrons. The lowest BCUT2D eigenvalue weighted by atomic mass is 10.1. The average Bonchev–Trinajstić information content (AvgIpc) is 2.72. The fraction of sp³-hybridized carbons (Fsp3) is 0.143. The second-order valence-electron chi connectivity index (χ2n) is 5.78. The van der Waals surface area contributed by atoms with Crippen LogP contribution in [0.4, 0.5) is 5.69 Å². The molecule has 0 aliphatic heterocycles. The van der Waals surface area contributed by atoms with Crippen LogP contribution in [0.3, 0.4) is 0 Å². The van der Waals surface area contributed by atoms with Crippen molar-refractivity contribution in [3.8, 4) is 11.5 Å². The molecule has 0 atom stereocenters. The van der Waals surface area contributed by atoms with Crippen molar-refractivity contribution in [3.63, 3.8) is 0 Å². The van der Waals surface area contributed by atoms with E-state index in [4.69, 9.17) is 9.47 Å². The quantitative estimate of drug-likeness (QED) is 0.498. The molecule has 1 amide bonds. The van der Waals surface area contributed by atoms with Gasteiger partial charge in [-0.2, -0.15) is 5.10 Å². The van der Waals surface area contributed by atoms with Gasteiger partial charge in [-0.15, -0.1) is 0 Å². The number of amides is 1. The Hall–Kier alpha value is -3.54. The Morgan fingerprint density at radius 1 is 1.04 bits per heavy atom. The zero-order valence-corrected chi connectivity index (χ0v) is 15.2. The first-order valence-electron chi connectivity index (χ1n) is 8.47. The van der Waals surface area contributed by atoms with E-state index in [2.05, 4.69) is 15.8 Å². The molecule has 6 nitrogen and oxygen atoms in total. The van der Waals surface area contributed by atoms with Crippen molar-refractivity contribution in [1.82, 2.24) is 5.43 Å². The minimum absolute atomic E-state index is 0.116. The molecule has 0 unspecified atom stereocenters. The summed E-state index contributed by atoms with van der Waals surface area (Å²) in [6, 6.07) is 19.3. The van der Waals surface area contributed by atoms with Gasteiger partial charge in [-0.1, -0.05) is 36.4 Å². The maximum atomic E-state index is 12.1. The summed E-state index contributed by atoms with van der Waals surface area (Å²) in [4.78, 5) is 12.1. The summed E-state index contributed by atoms with van der Waals surface area (Å²) >= 11 is 0. The Kier molecular flexibility index (Phi) is 5.89. The van der Waals surface area contributed by atoms with Gasteiger partial charge in [0.2, 0.25) is 0 Å². The van der Waals surface area contributed by atoms with Crippen molar-refractivity contribution < 1.29 is 14.3 Å². The number of benzene rings is 3. The van der Waals surface area contributed by atoms with Crippen LogP contribution in [-0.2, 0) is 4.79 Å². The van der Waals surface area contributed by atoms with Crippen molar-refractivity contribution in [3.05, 3.63) is 66.2 Å². The summed E-state index contributed by atoms with van der Waals surface area (Å²) in [7, 11) is 3.16. The lowest BCUT2D eigenvalue weighted by molar-refractivity contribution is -0.119. The number of hydrazone groups is 1. The fourth-order valence-electron chi connectivity index (χ4n) is 2.69.